The second-order valence-electron chi connectivity index (χ2n) is 9.45. The third-order valence-electron chi connectivity index (χ3n) is 6.70. The summed E-state index contributed by atoms with van der Waals surface area (Å²) in [6.07, 6.45) is -6.54. The van der Waals surface area contributed by atoms with Crippen LogP contribution in [-0.2, 0) is 22.7 Å². The molecule has 1 saturated heterocycles. The summed E-state index contributed by atoms with van der Waals surface area (Å²) in [7, 11) is -3.27. The first-order valence-electron chi connectivity index (χ1n) is 11.9. The van der Waals surface area contributed by atoms with Crippen LogP contribution in [0.3, 0.4) is 0 Å². The lowest BCUT2D eigenvalue weighted by Crippen LogP contribution is -2.41. The highest BCUT2D eigenvalue weighted by Crippen LogP contribution is 2.44. The van der Waals surface area contributed by atoms with Crippen LogP contribution in [0.4, 0.5) is 22.0 Å². The Bertz CT molecular complexity index is 1530. The van der Waals surface area contributed by atoms with Gasteiger partial charge in [0.1, 0.15) is 0 Å². The Morgan fingerprint density at radius 3 is 2.54 bits per heavy atom. The quantitative estimate of drug-likeness (QED) is 0.449. The van der Waals surface area contributed by atoms with Gasteiger partial charge in [0, 0.05) is 30.8 Å². The number of halogens is 5. The van der Waals surface area contributed by atoms with E-state index in [9.17, 15) is 35.2 Å². The molecule has 3 aromatic rings. The van der Waals surface area contributed by atoms with Crippen molar-refractivity contribution in [3.63, 3.8) is 0 Å². The molecule has 5 rings (SSSR count). The molecule has 1 aromatic heterocycles. The zero-order valence-corrected chi connectivity index (χ0v) is 21.3. The average Bonchev–Trinajstić information content (AvgIpc) is 3.38. The van der Waals surface area contributed by atoms with E-state index in [2.05, 4.69) is 19.8 Å². The number of hydrogen-bond donors (Lipinski definition) is 1. The molecule has 1 fully saturated rings. The Balaban J connectivity index is 1.36. The fraction of sp³-hybridized carbons (Fsp3) is 0.417. The third-order valence-corrected chi connectivity index (χ3v) is 8.00. The summed E-state index contributed by atoms with van der Waals surface area (Å²) >= 11 is 0. The van der Waals surface area contributed by atoms with E-state index >= 15 is 0 Å². The Hall–Kier alpha value is -3.46. The number of para-hydroxylation sites is 1. The van der Waals surface area contributed by atoms with Crippen molar-refractivity contribution in [2.45, 2.75) is 31.9 Å². The van der Waals surface area contributed by atoms with Crippen LogP contribution in [0.1, 0.15) is 34.6 Å². The molecule has 1 amide bonds. The SMILES string of the molecule is CS(=O)(=O)N1CCC(CNC(=O)c2ccc3c(c2)nc(C(F)(F)F)n3Cc2cccc3c2OC(F)(F)O3)CC1. The summed E-state index contributed by atoms with van der Waals surface area (Å²) in [6.45, 7) is 0.485. The Kier molecular flexibility index (Phi) is 6.69. The maximum Gasteiger partial charge on any atom is 0.586 e. The van der Waals surface area contributed by atoms with Crippen molar-refractivity contribution in [1.82, 2.24) is 19.2 Å². The highest BCUT2D eigenvalue weighted by atomic mass is 32.2. The number of hydrogen-bond acceptors (Lipinski definition) is 6. The molecular weight excluding hydrogens is 551 g/mol. The lowest BCUT2D eigenvalue weighted by atomic mass is 9.98. The van der Waals surface area contributed by atoms with Gasteiger partial charge in [0.2, 0.25) is 15.8 Å². The number of carbonyl (C=O) groups is 1. The molecule has 2 aliphatic rings. The van der Waals surface area contributed by atoms with E-state index in [-0.39, 0.29) is 46.1 Å². The van der Waals surface area contributed by atoms with Crippen LogP contribution in [0.2, 0.25) is 0 Å². The van der Waals surface area contributed by atoms with Gasteiger partial charge in [-0.05, 0) is 43.0 Å². The molecule has 0 atom stereocenters. The van der Waals surface area contributed by atoms with Crippen molar-refractivity contribution >= 4 is 27.0 Å². The van der Waals surface area contributed by atoms with Crippen LogP contribution in [0.15, 0.2) is 36.4 Å². The molecule has 0 aliphatic carbocycles. The first-order chi connectivity index (χ1) is 18.2. The maximum atomic E-state index is 13.9. The minimum Gasteiger partial charge on any atom is -0.395 e. The molecule has 2 aromatic carbocycles. The Morgan fingerprint density at radius 1 is 1.15 bits per heavy atom. The van der Waals surface area contributed by atoms with Crippen molar-refractivity contribution < 1.29 is 44.6 Å². The Morgan fingerprint density at radius 2 is 1.87 bits per heavy atom. The Labute approximate surface area is 219 Å². The number of nitrogens with one attached hydrogen (secondary N) is 1. The van der Waals surface area contributed by atoms with Gasteiger partial charge in [0.15, 0.2) is 11.5 Å². The number of rotatable bonds is 6. The van der Waals surface area contributed by atoms with E-state index < -0.39 is 40.8 Å². The number of amides is 1. The van der Waals surface area contributed by atoms with Gasteiger partial charge in [-0.25, -0.2) is 17.7 Å². The molecule has 210 valence electrons. The minimum atomic E-state index is -4.87. The number of sulfonamides is 1. The number of ether oxygens (including phenoxy) is 2. The lowest BCUT2D eigenvalue weighted by Gasteiger charge is -2.30. The standard InChI is InChI=1S/C24H23F5N4O5S/c1-39(35,36)32-9-7-14(8-10-32)12-30-21(34)15-5-6-18-17(11-15)31-22(23(25,26)27)33(18)13-16-3-2-4-19-20(16)38-24(28,29)37-19/h2-6,11,14H,7-10,12-13H2,1H3,(H,30,34). The number of piperidine rings is 1. The van der Waals surface area contributed by atoms with Crippen LogP contribution in [0.5, 0.6) is 11.5 Å². The first kappa shape index (κ1) is 27.1. The van der Waals surface area contributed by atoms with Crippen molar-refractivity contribution in [1.29, 1.82) is 0 Å². The van der Waals surface area contributed by atoms with Gasteiger partial charge < -0.3 is 19.4 Å². The van der Waals surface area contributed by atoms with E-state index in [4.69, 9.17) is 0 Å². The molecule has 0 bridgehead atoms. The number of imidazole rings is 1. The van der Waals surface area contributed by atoms with E-state index in [1.807, 2.05) is 0 Å². The fourth-order valence-electron chi connectivity index (χ4n) is 4.75. The lowest BCUT2D eigenvalue weighted by molar-refractivity contribution is -0.287. The van der Waals surface area contributed by atoms with Crippen molar-refractivity contribution in [3.05, 3.63) is 53.3 Å². The zero-order valence-electron chi connectivity index (χ0n) is 20.5. The van der Waals surface area contributed by atoms with Crippen molar-refractivity contribution in [3.8, 4) is 11.5 Å². The smallest absolute Gasteiger partial charge is 0.395 e. The van der Waals surface area contributed by atoms with Gasteiger partial charge in [-0.15, -0.1) is 8.78 Å². The highest BCUT2D eigenvalue weighted by molar-refractivity contribution is 7.88. The van der Waals surface area contributed by atoms with Gasteiger partial charge in [-0.1, -0.05) is 12.1 Å². The summed E-state index contributed by atoms with van der Waals surface area (Å²) in [5.41, 5.74) is 0.0476. The molecule has 9 nitrogen and oxygen atoms in total. The summed E-state index contributed by atoms with van der Waals surface area (Å²) in [5, 5.41) is 2.75. The second-order valence-corrected chi connectivity index (χ2v) is 11.4. The molecule has 0 unspecified atom stereocenters. The predicted molar refractivity (Wildman–Crippen MR) is 128 cm³/mol. The normalized spacial score (nSPS) is 18.0. The average molecular weight is 575 g/mol. The number of alkyl halides is 5. The number of benzene rings is 2. The third kappa shape index (κ3) is 5.64. The topological polar surface area (TPSA) is 103 Å². The molecule has 0 spiro atoms. The molecule has 2 aliphatic heterocycles. The summed E-state index contributed by atoms with van der Waals surface area (Å²) < 4.78 is 103. The molecular formula is C24H23F5N4O5S. The van der Waals surface area contributed by atoms with Gasteiger partial charge in [-0.2, -0.15) is 13.2 Å². The molecule has 3 heterocycles. The van der Waals surface area contributed by atoms with Crippen LogP contribution in [-0.4, -0.2) is 60.4 Å². The van der Waals surface area contributed by atoms with Crippen LogP contribution >= 0.6 is 0 Å². The van der Waals surface area contributed by atoms with Gasteiger partial charge >= 0.3 is 12.5 Å². The fourth-order valence-corrected chi connectivity index (χ4v) is 5.63. The van der Waals surface area contributed by atoms with E-state index in [1.165, 1.54) is 40.7 Å². The predicted octanol–water partition coefficient (Wildman–Crippen LogP) is 3.83. The molecule has 39 heavy (non-hydrogen) atoms. The molecule has 15 heteroatoms. The summed E-state index contributed by atoms with van der Waals surface area (Å²) in [5.74, 6) is -2.39. The van der Waals surface area contributed by atoms with Crippen LogP contribution in [0.25, 0.3) is 11.0 Å². The summed E-state index contributed by atoms with van der Waals surface area (Å²) in [4.78, 5) is 16.4. The van der Waals surface area contributed by atoms with E-state index in [0.29, 0.717) is 25.9 Å². The second kappa shape index (κ2) is 9.62. The number of carbonyl (C=O) groups excluding carboxylic acids is 1. The number of nitrogens with zero attached hydrogens (tertiary/aromatic N) is 3. The maximum absolute atomic E-state index is 13.9. The first-order valence-corrected chi connectivity index (χ1v) is 13.7. The van der Waals surface area contributed by atoms with Crippen LogP contribution < -0.4 is 14.8 Å². The van der Waals surface area contributed by atoms with Crippen molar-refractivity contribution in [2.75, 3.05) is 25.9 Å². The minimum absolute atomic E-state index is 0.0261. The molecule has 0 saturated carbocycles. The van der Waals surface area contributed by atoms with Crippen molar-refractivity contribution in [2.24, 2.45) is 5.92 Å². The largest absolute Gasteiger partial charge is 0.586 e. The summed E-state index contributed by atoms with van der Waals surface area (Å²) in [6, 6.07) is 7.82. The highest BCUT2D eigenvalue weighted by Gasteiger charge is 2.45. The van der Waals surface area contributed by atoms with Gasteiger partial charge in [0.25, 0.3) is 5.91 Å². The molecule has 0 radical (unpaired) electrons. The van der Waals surface area contributed by atoms with E-state index in [0.717, 1.165) is 10.8 Å². The monoisotopic (exact) mass is 574 g/mol. The van der Waals surface area contributed by atoms with E-state index in [1.54, 1.807) is 0 Å². The van der Waals surface area contributed by atoms with Gasteiger partial charge in [-0.3, -0.25) is 4.79 Å². The molecule has 1 N–H and O–H groups in total. The van der Waals surface area contributed by atoms with Gasteiger partial charge in [0.05, 0.1) is 23.8 Å². The number of aromatic nitrogens is 2. The zero-order chi connectivity index (χ0) is 28.2. The number of fused-ring (bicyclic) bond motifs is 2. The van der Waals surface area contributed by atoms with Crippen LogP contribution in [0, 0.1) is 5.92 Å².